The lowest BCUT2D eigenvalue weighted by atomic mass is 10.1. The van der Waals surface area contributed by atoms with Gasteiger partial charge in [0, 0.05) is 6.42 Å². The average Bonchev–Trinajstić information content (AvgIpc) is 2.71. The molecule has 3 aromatic carbocycles. The zero-order valence-corrected chi connectivity index (χ0v) is 15.1. The van der Waals surface area contributed by atoms with Gasteiger partial charge in [-0.25, -0.2) is 0 Å². The number of carbonyl (C=O) groups is 2. The van der Waals surface area contributed by atoms with Gasteiger partial charge in [0.15, 0.2) is 6.10 Å². The highest BCUT2D eigenvalue weighted by Gasteiger charge is 2.15. The summed E-state index contributed by atoms with van der Waals surface area (Å²) in [5, 5.41) is 2.14. The highest BCUT2D eigenvalue weighted by atomic mass is 16.5. The smallest absolute Gasteiger partial charge is 0.279 e. The molecule has 0 saturated heterocycles. The van der Waals surface area contributed by atoms with E-state index in [1.165, 1.54) is 0 Å². The summed E-state index contributed by atoms with van der Waals surface area (Å²) in [7, 11) is 0. The maximum Gasteiger partial charge on any atom is 0.279 e. The quantitative estimate of drug-likeness (QED) is 0.661. The molecule has 0 bridgehead atoms. The molecule has 0 saturated carbocycles. The van der Waals surface area contributed by atoms with Crippen molar-refractivity contribution in [2.24, 2.45) is 0 Å². The predicted molar refractivity (Wildman–Crippen MR) is 105 cm³/mol. The Hall–Kier alpha value is -3.34. The summed E-state index contributed by atoms with van der Waals surface area (Å²) >= 11 is 0. The van der Waals surface area contributed by atoms with Gasteiger partial charge in [-0.2, -0.15) is 0 Å². The van der Waals surface area contributed by atoms with Gasteiger partial charge < -0.3 is 4.74 Å². The molecule has 0 aliphatic carbocycles. The van der Waals surface area contributed by atoms with Crippen molar-refractivity contribution in [2.45, 2.75) is 25.9 Å². The molecule has 0 fully saturated rings. The molecule has 3 rings (SSSR count). The summed E-state index contributed by atoms with van der Waals surface area (Å²) in [4.78, 5) is 24.0. The minimum absolute atomic E-state index is 0.245. The summed E-state index contributed by atoms with van der Waals surface area (Å²) in [6.45, 7) is 1.64. The van der Waals surface area contributed by atoms with Crippen LogP contribution in [0.3, 0.4) is 0 Å². The second kappa shape index (κ2) is 8.85. The number of hydrazine groups is 1. The molecule has 0 aromatic heterocycles. The molecule has 0 heterocycles. The van der Waals surface area contributed by atoms with Crippen LogP contribution in [0.2, 0.25) is 0 Å². The normalized spacial score (nSPS) is 11.6. The number of hydrogen-bond acceptors (Lipinski definition) is 3. The Morgan fingerprint density at radius 1 is 0.889 bits per heavy atom. The predicted octanol–water partition coefficient (Wildman–Crippen LogP) is 3.39. The zero-order valence-electron chi connectivity index (χ0n) is 15.1. The van der Waals surface area contributed by atoms with E-state index >= 15 is 0 Å². The maximum atomic E-state index is 12.1. The molecule has 0 unspecified atom stereocenters. The number of benzene rings is 3. The largest absolute Gasteiger partial charge is 0.481 e. The van der Waals surface area contributed by atoms with E-state index in [1.807, 2.05) is 72.8 Å². The minimum Gasteiger partial charge on any atom is -0.481 e. The summed E-state index contributed by atoms with van der Waals surface area (Å²) in [6.07, 6.45) is 0.177. The van der Waals surface area contributed by atoms with Crippen molar-refractivity contribution in [3.05, 3.63) is 78.4 Å². The second-order valence-corrected chi connectivity index (χ2v) is 6.29. The Kier molecular flexibility index (Phi) is 6.05. The molecule has 138 valence electrons. The van der Waals surface area contributed by atoms with Gasteiger partial charge in [-0.3, -0.25) is 20.4 Å². The number of carbonyl (C=O) groups excluding carboxylic acids is 2. The van der Waals surface area contributed by atoms with E-state index in [-0.39, 0.29) is 5.91 Å². The molecule has 5 heteroatoms. The van der Waals surface area contributed by atoms with Gasteiger partial charge in [0.2, 0.25) is 5.91 Å². The van der Waals surface area contributed by atoms with Gasteiger partial charge in [-0.1, -0.05) is 60.7 Å². The maximum absolute atomic E-state index is 12.1. The Morgan fingerprint density at radius 2 is 1.59 bits per heavy atom. The molecule has 0 aliphatic rings. The van der Waals surface area contributed by atoms with E-state index in [2.05, 4.69) is 10.9 Å². The molecule has 1 atom stereocenters. The van der Waals surface area contributed by atoms with E-state index in [9.17, 15) is 9.59 Å². The van der Waals surface area contributed by atoms with Crippen LogP contribution in [0, 0.1) is 0 Å². The fourth-order valence-electron chi connectivity index (χ4n) is 2.70. The molecule has 0 spiro atoms. The van der Waals surface area contributed by atoms with Crippen LogP contribution in [-0.2, 0) is 16.0 Å². The molecular weight excluding hydrogens is 340 g/mol. The van der Waals surface area contributed by atoms with Crippen LogP contribution in [0.1, 0.15) is 18.9 Å². The summed E-state index contributed by atoms with van der Waals surface area (Å²) < 4.78 is 5.68. The lowest BCUT2D eigenvalue weighted by Gasteiger charge is -2.15. The van der Waals surface area contributed by atoms with Crippen LogP contribution in [0.4, 0.5) is 0 Å². The number of ether oxygens (including phenoxy) is 1. The van der Waals surface area contributed by atoms with E-state index in [1.54, 1.807) is 6.92 Å². The summed E-state index contributed by atoms with van der Waals surface area (Å²) in [5.41, 5.74) is 5.92. The van der Waals surface area contributed by atoms with Crippen LogP contribution in [0.15, 0.2) is 72.8 Å². The summed E-state index contributed by atoms with van der Waals surface area (Å²) in [5.74, 6) is -0.0481. The monoisotopic (exact) mass is 362 g/mol. The number of fused-ring (bicyclic) bond motifs is 1. The minimum atomic E-state index is -0.736. The van der Waals surface area contributed by atoms with E-state index < -0.39 is 12.0 Å². The van der Waals surface area contributed by atoms with Gasteiger partial charge in [0.05, 0.1) is 0 Å². The zero-order chi connectivity index (χ0) is 19.1. The van der Waals surface area contributed by atoms with Crippen molar-refractivity contribution in [3.63, 3.8) is 0 Å². The molecule has 27 heavy (non-hydrogen) atoms. The third kappa shape index (κ3) is 5.31. The number of aryl methyl sites for hydroxylation is 1. The van der Waals surface area contributed by atoms with Crippen LogP contribution < -0.4 is 15.6 Å². The number of nitrogens with one attached hydrogen (secondary N) is 2. The number of hydrogen-bond donors (Lipinski definition) is 2. The first kappa shape index (κ1) is 18.5. The van der Waals surface area contributed by atoms with Crippen molar-refractivity contribution in [2.75, 3.05) is 0 Å². The van der Waals surface area contributed by atoms with Crippen LogP contribution >= 0.6 is 0 Å². The lowest BCUT2D eigenvalue weighted by molar-refractivity contribution is -0.132. The molecule has 0 aliphatic heterocycles. The van der Waals surface area contributed by atoms with Crippen LogP contribution in [0.5, 0.6) is 5.75 Å². The highest BCUT2D eigenvalue weighted by molar-refractivity contribution is 5.85. The van der Waals surface area contributed by atoms with Crippen molar-refractivity contribution in [1.82, 2.24) is 10.9 Å². The van der Waals surface area contributed by atoms with Crippen molar-refractivity contribution >= 4 is 22.6 Å². The first-order valence-electron chi connectivity index (χ1n) is 8.90. The fraction of sp³-hybridized carbons (Fsp3) is 0.182. The van der Waals surface area contributed by atoms with Gasteiger partial charge >= 0.3 is 0 Å². The molecule has 2 N–H and O–H groups in total. The first-order valence-corrected chi connectivity index (χ1v) is 8.90. The molecular formula is C22H22N2O3. The van der Waals surface area contributed by atoms with Crippen molar-refractivity contribution in [1.29, 1.82) is 0 Å². The Morgan fingerprint density at radius 3 is 2.37 bits per heavy atom. The van der Waals surface area contributed by atoms with Gasteiger partial charge in [-0.05, 0) is 41.8 Å². The summed E-state index contributed by atoms with van der Waals surface area (Å²) in [6, 6.07) is 23.3. The molecule has 3 aromatic rings. The molecule has 5 nitrogen and oxygen atoms in total. The van der Waals surface area contributed by atoms with Gasteiger partial charge in [-0.15, -0.1) is 0 Å². The SMILES string of the molecule is C[C@H](Oc1ccc2ccccc2c1)C(=O)NNC(=O)CCc1ccccc1. The van der Waals surface area contributed by atoms with Crippen molar-refractivity contribution < 1.29 is 14.3 Å². The van der Waals surface area contributed by atoms with Gasteiger partial charge in [0.1, 0.15) is 5.75 Å². The number of amides is 2. The van der Waals surface area contributed by atoms with Gasteiger partial charge in [0.25, 0.3) is 5.91 Å². The topological polar surface area (TPSA) is 67.4 Å². The number of rotatable bonds is 6. The lowest BCUT2D eigenvalue weighted by Crippen LogP contribution is -2.47. The van der Waals surface area contributed by atoms with E-state index in [0.29, 0.717) is 18.6 Å². The Labute approximate surface area is 158 Å². The molecule has 0 radical (unpaired) electrons. The third-order valence-electron chi connectivity index (χ3n) is 4.21. The third-order valence-corrected chi connectivity index (χ3v) is 4.21. The van der Waals surface area contributed by atoms with Crippen LogP contribution in [0.25, 0.3) is 10.8 Å². The second-order valence-electron chi connectivity index (χ2n) is 6.29. The molecule has 2 amide bonds. The van der Waals surface area contributed by atoms with Crippen LogP contribution in [-0.4, -0.2) is 17.9 Å². The standard InChI is InChI=1S/C22H22N2O3/c1-16(27-20-13-12-18-9-5-6-10-19(18)15-20)22(26)24-23-21(25)14-11-17-7-3-2-4-8-17/h2-10,12-13,15-16H,11,14H2,1H3,(H,23,25)(H,24,26)/t16-/m0/s1. The highest BCUT2D eigenvalue weighted by Crippen LogP contribution is 2.21. The average molecular weight is 362 g/mol. The first-order chi connectivity index (χ1) is 13.1. The Balaban J connectivity index is 1.46. The Bertz CT molecular complexity index is 925. The van der Waals surface area contributed by atoms with E-state index in [4.69, 9.17) is 4.74 Å². The van der Waals surface area contributed by atoms with Crippen molar-refractivity contribution in [3.8, 4) is 5.75 Å². The fourth-order valence-corrected chi connectivity index (χ4v) is 2.70. The van der Waals surface area contributed by atoms with E-state index in [0.717, 1.165) is 16.3 Å².